The van der Waals surface area contributed by atoms with Gasteiger partial charge in [-0.25, -0.2) is 8.42 Å². The highest BCUT2D eigenvalue weighted by Gasteiger charge is 2.31. The van der Waals surface area contributed by atoms with Gasteiger partial charge in [0.1, 0.15) is 5.25 Å². The van der Waals surface area contributed by atoms with E-state index in [2.05, 4.69) is 4.74 Å². The van der Waals surface area contributed by atoms with Crippen LogP contribution in [0.3, 0.4) is 0 Å². The van der Waals surface area contributed by atoms with E-state index in [1.54, 1.807) is 30.3 Å². The highest BCUT2D eigenvalue weighted by atomic mass is 32.2. The fourth-order valence-electron chi connectivity index (χ4n) is 2.56. The minimum absolute atomic E-state index is 0.0200. The summed E-state index contributed by atoms with van der Waals surface area (Å²) in [5.41, 5.74) is 0.866. The van der Waals surface area contributed by atoms with E-state index in [1.165, 1.54) is 44.2 Å². The molecule has 0 fully saturated rings. The molecule has 0 aliphatic carbocycles. The van der Waals surface area contributed by atoms with Gasteiger partial charge in [0.2, 0.25) is 5.91 Å². The fraction of sp³-hybridized carbons (Fsp3) is 0.316. The minimum atomic E-state index is -3.86. The van der Waals surface area contributed by atoms with Crippen molar-refractivity contribution in [3.05, 3.63) is 54.1 Å². The Kier molecular flexibility index (Phi) is 6.95. The first kappa shape index (κ1) is 21.6. The second kappa shape index (κ2) is 9.01. The molecule has 28 heavy (non-hydrogen) atoms. The summed E-state index contributed by atoms with van der Waals surface area (Å²) in [6, 6.07) is 12.5. The van der Waals surface area contributed by atoms with Crippen LogP contribution in [-0.2, 0) is 20.4 Å². The lowest BCUT2D eigenvalue weighted by Crippen LogP contribution is -2.39. The maximum atomic E-state index is 12.7. The number of carbonyl (C=O) groups is 1. The largest absolute Gasteiger partial charge is 0.493 e. The summed E-state index contributed by atoms with van der Waals surface area (Å²) in [5.74, 6) is -1.25. The third kappa shape index (κ3) is 5.19. The van der Waals surface area contributed by atoms with Gasteiger partial charge in [0.25, 0.3) is 0 Å². The molecule has 9 heteroatoms. The zero-order chi connectivity index (χ0) is 20.9. The van der Waals surface area contributed by atoms with E-state index in [4.69, 9.17) is 4.74 Å². The van der Waals surface area contributed by atoms with Crippen molar-refractivity contribution in [1.82, 2.24) is 0 Å². The van der Waals surface area contributed by atoms with Gasteiger partial charge in [-0.1, -0.05) is 24.3 Å². The van der Waals surface area contributed by atoms with E-state index in [9.17, 15) is 22.0 Å². The Hall–Kier alpha value is -2.68. The van der Waals surface area contributed by atoms with Gasteiger partial charge in [0.05, 0.1) is 12.9 Å². The first-order valence-corrected chi connectivity index (χ1v) is 10.0. The molecule has 6 nitrogen and oxygen atoms in total. The van der Waals surface area contributed by atoms with Crippen LogP contribution in [0.1, 0.15) is 12.5 Å². The Labute approximate surface area is 162 Å². The van der Waals surface area contributed by atoms with E-state index in [-0.39, 0.29) is 11.5 Å². The molecule has 2 aromatic rings. The van der Waals surface area contributed by atoms with E-state index in [0.717, 1.165) is 0 Å². The van der Waals surface area contributed by atoms with Crippen LogP contribution in [0.15, 0.2) is 48.5 Å². The summed E-state index contributed by atoms with van der Waals surface area (Å²) in [6.07, 6.45) is 0. The van der Waals surface area contributed by atoms with Crippen molar-refractivity contribution in [2.24, 2.45) is 0 Å². The number of nitrogens with zero attached hydrogens (tertiary/aromatic N) is 1. The van der Waals surface area contributed by atoms with Crippen LogP contribution in [0.2, 0.25) is 0 Å². The van der Waals surface area contributed by atoms with Crippen molar-refractivity contribution in [2.45, 2.75) is 24.5 Å². The van der Waals surface area contributed by atoms with Gasteiger partial charge in [0, 0.05) is 12.7 Å². The molecule has 152 valence electrons. The van der Waals surface area contributed by atoms with Crippen LogP contribution < -0.4 is 14.4 Å². The van der Waals surface area contributed by atoms with Crippen LogP contribution >= 0.6 is 0 Å². The van der Waals surface area contributed by atoms with Crippen molar-refractivity contribution in [3.8, 4) is 11.5 Å². The molecule has 2 rings (SSSR count). The minimum Gasteiger partial charge on any atom is -0.493 e. The average molecular weight is 413 g/mol. The zero-order valence-electron chi connectivity index (χ0n) is 15.6. The molecule has 0 aliphatic heterocycles. The van der Waals surface area contributed by atoms with Crippen molar-refractivity contribution < 1.29 is 31.5 Å². The van der Waals surface area contributed by atoms with Crippen molar-refractivity contribution in [2.75, 3.05) is 19.1 Å². The number of rotatable bonds is 8. The summed E-state index contributed by atoms with van der Waals surface area (Å²) in [6.45, 7) is -1.71. The molecular weight excluding hydrogens is 392 g/mol. The Morgan fingerprint density at radius 1 is 1.11 bits per heavy atom. The molecule has 0 saturated carbocycles. The number of hydrogen-bond donors (Lipinski definition) is 0. The van der Waals surface area contributed by atoms with Crippen molar-refractivity contribution in [1.29, 1.82) is 0 Å². The van der Waals surface area contributed by atoms with Gasteiger partial charge >= 0.3 is 6.61 Å². The van der Waals surface area contributed by atoms with Crippen LogP contribution in [0.5, 0.6) is 11.5 Å². The number of carbonyl (C=O) groups excluding carboxylic acids is 1. The Morgan fingerprint density at radius 2 is 1.75 bits per heavy atom. The summed E-state index contributed by atoms with van der Waals surface area (Å²) >= 11 is 0. The number of benzene rings is 2. The zero-order valence-corrected chi connectivity index (χ0v) is 16.4. The Morgan fingerprint density at radius 3 is 2.32 bits per heavy atom. The number of sulfone groups is 1. The van der Waals surface area contributed by atoms with Crippen molar-refractivity contribution in [3.63, 3.8) is 0 Å². The van der Waals surface area contributed by atoms with Gasteiger partial charge < -0.3 is 14.4 Å². The number of hydrogen-bond acceptors (Lipinski definition) is 5. The lowest BCUT2D eigenvalue weighted by molar-refractivity contribution is -0.117. The number of halogens is 2. The topological polar surface area (TPSA) is 72.9 Å². The normalized spacial score (nSPS) is 12.5. The lowest BCUT2D eigenvalue weighted by atomic mass is 10.2. The van der Waals surface area contributed by atoms with Gasteiger partial charge in [-0.15, -0.1) is 0 Å². The highest BCUT2D eigenvalue weighted by Crippen LogP contribution is 2.30. The third-order valence-corrected chi connectivity index (χ3v) is 6.19. The molecule has 0 saturated heterocycles. The molecule has 0 unspecified atom stereocenters. The standard InChI is InChI=1S/C19H21F2NO5S/c1-13(18(23)22(2)15-7-5-4-6-8-15)28(24,25)12-14-9-10-16(27-19(20)21)17(11-14)26-3/h4-11,13,19H,12H2,1-3H3/t13-/m0/s1. The number of methoxy groups -OCH3 is 1. The molecule has 0 aliphatic rings. The number of amides is 1. The predicted molar refractivity (Wildman–Crippen MR) is 102 cm³/mol. The summed E-state index contributed by atoms with van der Waals surface area (Å²) in [4.78, 5) is 13.9. The molecule has 0 heterocycles. The fourth-order valence-corrected chi connectivity index (χ4v) is 3.92. The monoisotopic (exact) mass is 413 g/mol. The Balaban J connectivity index is 2.19. The predicted octanol–water partition coefficient (Wildman–Crippen LogP) is 3.26. The van der Waals surface area contributed by atoms with Crippen LogP contribution in [-0.4, -0.2) is 40.3 Å². The molecule has 0 spiro atoms. The number of ether oxygens (including phenoxy) is 2. The molecule has 0 aromatic heterocycles. The summed E-state index contributed by atoms with van der Waals surface area (Å²) in [7, 11) is -1.10. The van der Waals surface area contributed by atoms with Crippen LogP contribution in [0, 0.1) is 0 Å². The smallest absolute Gasteiger partial charge is 0.387 e. The van der Waals surface area contributed by atoms with E-state index in [1.807, 2.05) is 0 Å². The summed E-state index contributed by atoms with van der Waals surface area (Å²) in [5, 5.41) is -1.29. The molecule has 0 bridgehead atoms. The van der Waals surface area contributed by atoms with Crippen molar-refractivity contribution >= 4 is 21.4 Å². The molecule has 0 radical (unpaired) electrons. The first-order valence-electron chi connectivity index (χ1n) is 8.31. The second-order valence-corrected chi connectivity index (χ2v) is 8.37. The molecule has 2 aromatic carbocycles. The van der Waals surface area contributed by atoms with Gasteiger partial charge in [0.15, 0.2) is 21.3 Å². The molecular formula is C19H21F2NO5S. The van der Waals surface area contributed by atoms with E-state index in [0.29, 0.717) is 11.3 Å². The first-order chi connectivity index (χ1) is 13.2. The molecule has 1 atom stereocenters. The average Bonchev–Trinajstić information content (AvgIpc) is 2.67. The Bertz CT molecular complexity index is 919. The maximum absolute atomic E-state index is 12.7. The second-order valence-electron chi connectivity index (χ2n) is 6.05. The van der Waals surface area contributed by atoms with Crippen LogP contribution in [0.25, 0.3) is 0 Å². The van der Waals surface area contributed by atoms with Crippen LogP contribution in [0.4, 0.5) is 14.5 Å². The maximum Gasteiger partial charge on any atom is 0.387 e. The lowest BCUT2D eigenvalue weighted by Gasteiger charge is -2.21. The van der Waals surface area contributed by atoms with Gasteiger partial charge in [-0.05, 0) is 36.8 Å². The van der Waals surface area contributed by atoms with Gasteiger partial charge in [-0.2, -0.15) is 8.78 Å². The summed E-state index contributed by atoms with van der Waals surface area (Å²) < 4.78 is 59.5. The number of para-hydroxylation sites is 1. The SMILES string of the molecule is COc1cc(CS(=O)(=O)[C@@H](C)C(=O)N(C)c2ccccc2)ccc1OC(F)F. The molecule has 0 N–H and O–H groups in total. The number of alkyl halides is 2. The van der Waals surface area contributed by atoms with Gasteiger partial charge in [-0.3, -0.25) is 4.79 Å². The quantitative estimate of drug-likeness (QED) is 0.664. The van der Waals surface area contributed by atoms with E-state index < -0.39 is 33.4 Å². The van der Waals surface area contributed by atoms with E-state index >= 15 is 0 Å². The molecule has 1 amide bonds. The third-order valence-electron chi connectivity index (χ3n) is 4.17. The number of anilines is 1. The highest BCUT2D eigenvalue weighted by molar-refractivity contribution is 7.92.